The molecule has 3 fully saturated rings. The molecule has 7 nitrogen and oxygen atoms in total. The Morgan fingerprint density at radius 1 is 1.23 bits per heavy atom. The average molecular weight is 588 g/mol. The number of amidine groups is 1. The lowest BCUT2D eigenvalue weighted by molar-refractivity contribution is -0.214. The van der Waals surface area contributed by atoms with Crippen LogP contribution in [0.4, 0.5) is 14.5 Å². The molecule has 0 bridgehead atoms. The number of ether oxygens (including phenoxy) is 1. The van der Waals surface area contributed by atoms with Crippen molar-refractivity contribution in [1.82, 2.24) is 14.7 Å². The van der Waals surface area contributed by atoms with E-state index in [0.717, 1.165) is 42.1 Å². The SMILES string of the molecule is C=CC(=O)N1C[C@H](C)N(C(=N)c2cc(Cl)c(-c3ccc(F)cc3F)c3c2N[C@@H](CN2CC4OCC42)CS3)C[C@H]1C. The molecule has 2 unspecified atom stereocenters. The van der Waals surface area contributed by atoms with Crippen molar-refractivity contribution in [2.24, 2.45) is 0 Å². The molecule has 1 amide bonds. The molecule has 4 aliphatic heterocycles. The van der Waals surface area contributed by atoms with E-state index in [0.29, 0.717) is 47.2 Å². The summed E-state index contributed by atoms with van der Waals surface area (Å²) in [6.07, 6.45) is 1.67. The van der Waals surface area contributed by atoms with Crippen LogP contribution >= 0.6 is 23.4 Å². The van der Waals surface area contributed by atoms with E-state index in [-0.39, 0.29) is 29.6 Å². The molecule has 0 saturated carbocycles. The van der Waals surface area contributed by atoms with Gasteiger partial charge in [-0.2, -0.15) is 0 Å². The molecule has 40 heavy (non-hydrogen) atoms. The number of likely N-dealkylation sites (tertiary alicyclic amines) is 1. The molecule has 2 N–H and O–H groups in total. The summed E-state index contributed by atoms with van der Waals surface area (Å²) in [5.41, 5.74) is 2.09. The summed E-state index contributed by atoms with van der Waals surface area (Å²) >= 11 is 8.42. The molecule has 5 atom stereocenters. The van der Waals surface area contributed by atoms with Gasteiger partial charge in [0, 0.05) is 77.7 Å². The van der Waals surface area contributed by atoms with E-state index in [2.05, 4.69) is 16.8 Å². The summed E-state index contributed by atoms with van der Waals surface area (Å²) in [6, 6.07) is 5.59. The Morgan fingerprint density at radius 3 is 2.62 bits per heavy atom. The Morgan fingerprint density at radius 2 is 1.98 bits per heavy atom. The second-order valence-corrected chi connectivity index (χ2v) is 12.5. The fourth-order valence-corrected chi connectivity index (χ4v) is 7.74. The lowest BCUT2D eigenvalue weighted by Gasteiger charge is -2.56. The number of nitrogens with one attached hydrogen (secondary N) is 2. The molecule has 3 saturated heterocycles. The van der Waals surface area contributed by atoms with Gasteiger partial charge in [0.05, 0.1) is 29.5 Å². The van der Waals surface area contributed by atoms with Crippen molar-refractivity contribution >= 4 is 40.8 Å². The number of piperazine rings is 1. The third-order valence-electron chi connectivity index (χ3n) is 8.45. The summed E-state index contributed by atoms with van der Waals surface area (Å²) in [4.78, 5) is 19.3. The second-order valence-electron chi connectivity index (χ2n) is 11.0. The number of thioether (sulfide) groups is 1. The number of carbonyl (C=O) groups is 1. The first-order valence-corrected chi connectivity index (χ1v) is 14.9. The van der Waals surface area contributed by atoms with Crippen LogP contribution in [0.5, 0.6) is 0 Å². The lowest BCUT2D eigenvalue weighted by atomic mass is 9.94. The number of carbonyl (C=O) groups excluding carboxylic acids is 1. The van der Waals surface area contributed by atoms with Crippen molar-refractivity contribution in [3.8, 4) is 11.1 Å². The maximum Gasteiger partial charge on any atom is 0.246 e. The third kappa shape index (κ3) is 4.68. The van der Waals surface area contributed by atoms with E-state index in [1.165, 1.54) is 18.2 Å². The minimum atomic E-state index is -0.684. The van der Waals surface area contributed by atoms with Crippen molar-refractivity contribution in [2.45, 2.75) is 49.0 Å². The summed E-state index contributed by atoms with van der Waals surface area (Å²) < 4.78 is 34.3. The van der Waals surface area contributed by atoms with Crippen LogP contribution in [-0.2, 0) is 9.53 Å². The minimum Gasteiger partial charge on any atom is -0.379 e. The number of morpholine rings is 1. The molecule has 11 heteroatoms. The number of hydrogen-bond acceptors (Lipinski definition) is 6. The largest absolute Gasteiger partial charge is 0.379 e. The number of rotatable bonds is 5. The molecule has 212 valence electrons. The van der Waals surface area contributed by atoms with Crippen molar-refractivity contribution in [3.63, 3.8) is 0 Å². The Balaban J connectivity index is 1.36. The van der Waals surface area contributed by atoms with Crippen molar-refractivity contribution in [1.29, 1.82) is 5.41 Å². The highest BCUT2D eigenvalue weighted by Gasteiger charge is 2.48. The smallest absolute Gasteiger partial charge is 0.246 e. The quantitative estimate of drug-likeness (QED) is 0.301. The van der Waals surface area contributed by atoms with Crippen LogP contribution in [0, 0.1) is 17.0 Å². The fourth-order valence-electron chi connectivity index (χ4n) is 6.14. The number of amides is 1. The zero-order valence-electron chi connectivity index (χ0n) is 22.4. The maximum absolute atomic E-state index is 15.0. The fraction of sp³-hybridized carbons (Fsp3) is 0.448. The average Bonchev–Trinajstić information content (AvgIpc) is 2.91. The molecule has 2 aromatic rings. The number of fused-ring (bicyclic) bond motifs is 2. The van der Waals surface area contributed by atoms with Gasteiger partial charge in [-0.3, -0.25) is 15.1 Å². The zero-order chi connectivity index (χ0) is 28.3. The van der Waals surface area contributed by atoms with Crippen molar-refractivity contribution in [2.75, 3.05) is 43.9 Å². The van der Waals surface area contributed by atoms with Crippen LogP contribution < -0.4 is 5.32 Å². The molecule has 0 aromatic heterocycles. The van der Waals surface area contributed by atoms with Crippen LogP contribution in [0.2, 0.25) is 5.02 Å². The van der Waals surface area contributed by atoms with Gasteiger partial charge in [0.25, 0.3) is 0 Å². The normalized spacial score (nSPS) is 27.6. The summed E-state index contributed by atoms with van der Waals surface area (Å²) in [7, 11) is 0. The number of nitrogens with zero attached hydrogens (tertiary/aromatic N) is 3. The number of benzene rings is 2. The van der Waals surface area contributed by atoms with E-state index in [9.17, 15) is 14.6 Å². The molecule has 4 aliphatic rings. The summed E-state index contributed by atoms with van der Waals surface area (Å²) in [5.74, 6) is -0.431. The molecule has 2 aromatic carbocycles. The van der Waals surface area contributed by atoms with E-state index < -0.39 is 11.6 Å². The molecule has 0 radical (unpaired) electrons. The Bertz CT molecular complexity index is 1390. The van der Waals surface area contributed by atoms with Gasteiger partial charge in [0.2, 0.25) is 5.91 Å². The van der Waals surface area contributed by atoms with Gasteiger partial charge < -0.3 is 19.9 Å². The Kier molecular flexibility index (Phi) is 7.31. The Hall–Kier alpha value is -2.66. The molecular formula is C29H32ClF2N5O2S. The van der Waals surface area contributed by atoms with Gasteiger partial charge >= 0.3 is 0 Å². The standard InChI is InChI=1S/C29H32ClF2N5O2S/c1-4-25(38)36-9-16(3)37(10-15(36)2)29(33)20-8-21(30)26(19-6-5-17(31)7-22(19)32)28-27(20)34-18(14-40-28)11-35-12-24-23(35)13-39-24/h4-8,15-16,18,23-24,33-34H,1,9-14H2,2-3H3/t15-,16+,18+,23?,24?/m1/s1. The number of halogens is 3. The number of hydrogen-bond donors (Lipinski definition) is 2. The molecule has 0 spiro atoms. The monoisotopic (exact) mass is 587 g/mol. The summed E-state index contributed by atoms with van der Waals surface area (Å²) in [6.45, 7) is 11.0. The predicted octanol–water partition coefficient (Wildman–Crippen LogP) is 4.69. The van der Waals surface area contributed by atoms with Crippen LogP contribution in [0.25, 0.3) is 11.1 Å². The summed E-state index contributed by atoms with van der Waals surface area (Å²) in [5, 5.41) is 13.3. The van der Waals surface area contributed by atoms with Gasteiger partial charge in [0.15, 0.2) is 0 Å². The first-order valence-electron chi connectivity index (χ1n) is 13.5. The van der Waals surface area contributed by atoms with Gasteiger partial charge in [-0.15, -0.1) is 11.8 Å². The molecule has 4 heterocycles. The second kappa shape index (κ2) is 10.6. The third-order valence-corrected chi connectivity index (χ3v) is 10.0. The molecular weight excluding hydrogens is 556 g/mol. The zero-order valence-corrected chi connectivity index (χ0v) is 24.0. The van der Waals surface area contributed by atoms with Crippen LogP contribution in [0.1, 0.15) is 19.4 Å². The van der Waals surface area contributed by atoms with Gasteiger partial charge in [-0.05, 0) is 38.1 Å². The first-order chi connectivity index (χ1) is 19.2. The molecule has 6 rings (SSSR count). The van der Waals surface area contributed by atoms with Gasteiger partial charge in [0.1, 0.15) is 17.5 Å². The van der Waals surface area contributed by atoms with E-state index in [1.54, 1.807) is 22.7 Å². The number of anilines is 1. The highest BCUT2D eigenvalue weighted by molar-refractivity contribution is 7.99. The topological polar surface area (TPSA) is 71.9 Å². The van der Waals surface area contributed by atoms with E-state index in [4.69, 9.17) is 16.3 Å². The van der Waals surface area contributed by atoms with Gasteiger partial charge in [-0.25, -0.2) is 8.78 Å². The Labute approximate surface area is 242 Å². The van der Waals surface area contributed by atoms with Crippen molar-refractivity contribution in [3.05, 3.63) is 59.1 Å². The first kappa shape index (κ1) is 27.5. The van der Waals surface area contributed by atoms with E-state index >= 15 is 4.39 Å². The highest BCUT2D eigenvalue weighted by Crippen LogP contribution is 2.48. The van der Waals surface area contributed by atoms with Crippen LogP contribution in [0.15, 0.2) is 41.8 Å². The highest BCUT2D eigenvalue weighted by atomic mass is 35.5. The lowest BCUT2D eigenvalue weighted by Crippen LogP contribution is -2.71. The van der Waals surface area contributed by atoms with Gasteiger partial charge in [-0.1, -0.05) is 18.2 Å². The minimum absolute atomic E-state index is 0.107. The van der Waals surface area contributed by atoms with Crippen molar-refractivity contribution < 1.29 is 18.3 Å². The molecule has 0 aliphatic carbocycles. The van der Waals surface area contributed by atoms with Crippen LogP contribution in [0.3, 0.4) is 0 Å². The van der Waals surface area contributed by atoms with Crippen LogP contribution in [-0.4, -0.2) is 95.3 Å². The predicted molar refractivity (Wildman–Crippen MR) is 154 cm³/mol. The van der Waals surface area contributed by atoms with E-state index in [1.807, 2.05) is 18.7 Å². The maximum atomic E-state index is 15.0.